The lowest BCUT2D eigenvalue weighted by Gasteiger charge is -2.03. The van der Waals surface area contributed by atoms with Crippen LogP contribution in [0.2, 0.25) is 0 Å². The maximum absolute atomic E-state index is 11.1. The molecule has 3 rings (SSSR count). The predicted octanol–water partition coefficient (Wildman–Crippen LogP) is 5.12. The van der Waals surface area contributed by atoms with E-state index in [1.54, 1.807) is 12.1 Å². The number of nitro benzene ring substituents is 1. The molecule has 4 nitrogen and oxygen atoms in total. The highest BCUT2D eigenvalue weighted by molar-refractivity contribution is 9.08. The highest BCUT2D eigenvalue weighted by atomic mass is 79.9. The maximum atomic E-state index is 11.1. The van der Waals surface area contributed by atoms with Crippen LogP contribution in [0, 0.1) is 10.1 Å². The summed E-state index contributed by atoms with van der Waals surface area (Å²) >= 11 is 4.89. The van der Waals surface area contributed by atoms with E-state index in [9.17, 15) is 10.1 Å². The van der Waals surface area contributed by atoms with Crippen molar-refractivity contribution in [3.05, 3.63) is 64.2 Å². The zero-order chi connectivity index (χ0) is 14.8. The fourth-order valence-corrected chi connectivity index (χ4v) is 4.05. The molecule has 0 spiro atoms. The highest BCUT2D eigenvalue weighted by Crippen LogP contribution is 2.39. The van der Waals surface area contributed by atoms with Crippen LogP contribution < -0.4 is 0 Å². The number of nitro groups is 1. The molecule has 0 bridgehead atoms. The molecule has 0 saturated heterocycles. The predicted molar refractivity (Wildman–Crippen MR) is 88.1 cm³/mol. The number of aromatic amines is 1. The Morgan fingerprint density at radius 3 is 2.62 bits per heavy atom. The second kappa shape index (κ2) is 5.91. The van der Waals surface area contributed by atoms with Crippen molar-refractivity contribution < 1.29 is 4.92 Å². The number of benzene rings is 2. The molecule has 0 aliphatic heterocycles. The van der Waals surface area contributed by atoms with Gasteiger partial charge in [0.05, 0.1) is 14.8 Å². The van der Waals surface area contributed by atoms with Crippen LogP contribution in [0.15, 0.2) is 58.5 Å². The van der Waals surface area contributed by atoms with E-state index in [2.05, 4.69) is 20.9 Å². The lowest BCUT2D eigenvalue weighted by Crippen LogP contribution is -1.90. The summed E-state index contributed by atoms with van der Waals surface area (Å²) in [6.45, 7) is 0. The molecule has 0 unspecified atom stereocenters. The molecule has 1 aromatic heterocycles. The third kappa shape index (κ3) is 2.69. The fourth-order valence-electron chi connectivity index (χ4n) is 2.20. The van der Waals surface area contributed by atoms with E-state index in [1.807, 2.05) is 30.3 Å². The monoisotopic (exact) mass is 362 g/mol. The third-order valence-electron chi connectivity index (χ3n) is 3.18. The van der Waals surface area contributed by atoms with Crippen molar-refractivity contribution in [2.24, 2.45) is 0 Å². The Kier molecular flexibility index (Phi) is 3.98. The minimum absolute atomic E-state index is 0.127. The zero-order valence-corrected chi connectivity index (χ0v) is 13.3. The van der Waals surface area contributed by atoms with Gasteiger partial charge in [0.15, 0.2) is 0 Å². The Morgan fingerprint density at radius 2 is 1.86 bits per heavy atom. The van der Waals surface area contributed by atoms with Gasteiger partial charge in [0, 0.05) is 27.9 Å². The van der Waals surface area contributed by atoms with Crippen molar-refractivity contribution in [3.8, 4) is 0 Å². The number of para-hydroxylation sites is 2. The number of fused-ring (bicyclic) bond motifs is 1. The second-order valence-electron chi connectivity index (χ2n) is 4.44. The third-order valence-corrected chi connectivity index (χ3v) is 4.86. The SMILES string of the molecule is O=[N+]([O-])c1ccccc1Sc1[nH]c2ccccc2c1CBr. The first-order valence-corrected chi connectivity index (χ1v) is 8.21. The Morgan fingerprint density at radius 1 is 1.14 bits per heavy atom. The number of halogens is 1. The summed E-state index contributed by atoms with van der Waals surface area (Å²) in [6, 6.07) is 14.8. The molecule has 0 saturated carbocycles. The molecule has 0 radical (unpaired) electrons. The van der Waals surface area contributed by atoms with Crippen LogP contribution in [0.1, 0.15) is 5.56 Å². The van der Waals surface area contributed by atoms with Gasteiger partial charge in [-0.05, 0) is 12.1 Å². The van der Waals surface area contributed by atoms with Crippen molar-refractivity contribution in [3.63, 3.8) is 0 Å². The normalized spacial score (nSPS) is 10.9. The number of nitrogens with zero attached hydrogens (tertiary/aromatic N) is 1. The first-order chi connectivity index (χ1) is 10.2. The molecular formula is C15H11BrN2O2S. The molecule has 3 aromatic rings. The molecule has 6 heteroatoms. The summed E-state index contributed by atoms with van der Waals surface area (Å²) < 4.78 is 0. The molecular weight excluding hydrogens is 352 g/mol. The number of nitrogens with one attached hydrogen (secondary N) is 1. The van der Waals surface area contributed by atoms with Crippen molar-refractivity contribution in [2.45, 2.75) is 15.3 Å². The summed E-state index contributed by atoms with van der Waals surface area (Å²) in [5.74, 6) is 0. The molecule has 0 atom stereocenters. The average molecular weight is 363 g/mol. The summed E-state index contributed by atoms with van der Waals surface area (Å²) in [5.41, 5.74) is 2.28. The van der Waals surface area contributed by atoms with Gasteiger partial charge < -0.3 is 4.98 Å². The van der Waals surface area contributed by atoms with Gasteiger partial charge in [0.25, 0.3) is 5.69 Å². The smallest absolute Gasteiger partial charge is 0.283 e. The molecule has 0 aliphatic rings. The second-order valence-corrected chi connectivity index (χ2v) is 6.05. The summed E-state index contributed by atoms with van der Waals surface area (Å²) in [6.07, 6.45) is 0. The molecule has 21 heavy (non-hydrogen) atoms. The van der Waals surface area contributed by atoms with Gasteiger partial charge in [-0.3, -0.25) is 10.1 Å². The first kappa shape index (κ1) is 14.2. The maximum Gasteiger partial charge on any atom is 0.283 e. The molecule has 1 N–H and O–H groups in total. The Bertz CT molecular complexity index is 816. The van der Waals surface area contributed by atoms with E-state index in [0.717, 1.165) is 21.5 Å². The number of alkyl halides is 1. The van der Waals surface area contributed by atoms with Gasteiger partial charge in [-0.2, -0.15) is 0 Å². The van der Waals surface area contributed by atoms with Crippen molar-refractivity contribution in [2.75, 3.05) is 0 Å². The highest BCUT2D eigenvalue weighted by Gasteiger charge is 2.17. The largest absolute Gasteiger partial charge is 0.349 e. The molecule has 1 heterocycles. The van der Waals surface area contributed by atoms with Crippen LogP contribution >= 0.6 is 27.7 Å². The van der Waals surface area contributed by atoms with Crippen LogP contribution in [0.3, 0.4) is 0 Å². The summed E-state index contributed by atoms with van der Waals surface area (Å²) in [4.78, 5) is 14.7. The lowest BCUT2D eigenvalue weighted by atomic mass is 10.2. The van der Waals surface area contributed by atoms with E-state index in [-0.39, 0.29) is 10.6 Å². The van der Waals surface area contributed by atoms with Crippen LogP contribution in [-0.4, -0.2) is 9.91 Å². The molecule has 106 valence electrons. The number of hydrogen-bond donors (Lipinski definition) is 1. The Balaban J connectivity index is 2.08. The van der Waals surface area contributed by atoms with Crippen LogP contribution in [0.25, 0.3) is 10.9 Å². The van der Waals surface area contributed by atoms with E-state index in [4.69, 9.17) is 0 Å². The number of rotatable bonds is 4. The van der Waals surface area contributed by atoms with E-state index >= 15 is 0 Å². The topological polar surface area (TPSA) is 58.9 Å². The Labute approximate surface area is 133 Å². The van der Waals surface area contributed by atoms with Gasteiger partial charge in [-0.25, -0.2) is 0 Å². The minimum atomic E-state index is -0.348. The number of hydrogen-bond acceptors (Lipinski definition) is 3. The average Bonchev–Trinajstić information content (AvgIpc) is 2.84. The summed E-state index contributed by atoms with van der Waals surface area (Å²) in [5, 5.41) is 13.9. The Hall–Kier alpha value is -1.79. The fraction of sp³-hybridized carbons (Fsp3) is 0.0667. The van der Waals surface area contributed by atoms with Crippen LogP contribution in [0.4, 0.5) is 5.69 Å². The van der Waals surface area contributed by atoms with Gasteiger partial charge in [-0.1, -0.05) is 58.0 Å². The molecule has 0 amide bonds. The lowest BCUT2D eigenvalue weighted by molar-refractivity contribution is -0.387. The number of aromatic nitrogens is 1. The van der Waals surface area contributed by atoms with E-state index < -0.39 is 0 Å². The van der Waals surface area contributed by atoms with E-state index in [1.165, 1.54) is 17.8 Å². The number of H-pyrrole nitrogens is 1. The van der Waals surface area contributed by atoms with Crippen LogP contribution in [0.5, 0.6) is 0 Å². The molecule has 0 aliphatic carbocycles. The standard InChI is InChI=1S/C15H11BrN2O2S/c16-9-11-10-5-1-2-6-12(10)17-15(11)21-14-8-4-3-7-13(14)18(19)20/h1-8,17H,9H2. The van der Waals surface area contributed by atoms with Crippen LogP contribution in [-0.2, 0) is 5.33 Å². The molecule has 2 aromatic carbocycles. The quantitative estimate of drug-likeness (QED) is 0.398. The molecule has 0 fully saturated rings. The van der Waals surface area contributed by atoms with Crippen molar-refractivity contribution >= 4 is 44.3 Å². The van der Waals surface area contributed by atoms with Gasteiger partial charge in [-0.15, -0.1) is 0 Å². The van der Waals surface area contributed by atoms with Crippen molar-refractivity contribution in [1.82, 2.24) is 4.98 Å². The first-order valence-electron chi connectivity index (χ1n) is 6.27. The minimum Gasteiger partial charge on any atom is -0.349 e. The van der Waals surface area contributed by atoms with Gasteiger partial charge in [0.1, 0.15) is 0 Å². The van der Waals surface area contributed by atoms with Crippen molar-refractivity contribution in [1.29, 1.82) is 0 Å². The summed E-state index contributed by atoms with van der Waals surface area (Å²) in [7, 11) is 0. The van der Waals surface area contributed by atoms with Gasteiger partial charge >= 0.3 is 0 Å². The van der Waals surface area contributed by atoms with Gasteiger partial charge in [0.2, 0.25) is 0 Å². The van der Waals surface area contributed by atoms with E-state index in [0.29, 0.717) is 10.2 Å². The zero-order valence-electron chi connectivity index (χ0n) is 10.9.